The van der Waals surface area contributed by atoms with Crippen LogP contribution in [-0.2, 0) is 6.54 Å². The number of nitrogens with zero attached hydrogens (tertiary/aromatic N) is 1. The number of hydrogen-bond donors (Lipinski definition) is 2. The molecule has 0 aliphatic rings. The minimum Gasteiger partial charge on any atom is -0.508 e. The van der Waals surface area contributed by atoms with E-state index < -0.39 is 5.82 Å². The molecule has 19 heavy (non-hydrogen) atoms. The van der Waals surface area contributed by atoms with Crippen molar-refractivity contribution in [3.05, 3.63) is 57.8 Å². The molecule has 0 atom stereocenters. The summed E-state index contributed by atoms with van der Waals surface area (Å²) >= 11 is 3.32. The molecular formula is C14H10BrFN2O. The second kappa shape index (κ2) is 5.72. The molecule has 0 bridgehead atoms. The van der Waals surface area contributed by atoms with E-state index in [0.29, 0.717) is 17.8 Å². The van der Waals surface area contributed by atoms with Crippen molar-refractivity contribution < 1.29 is 9.50 Å². The Morgan fingerprint density at radius 1 is 1.26 bits per heavy atom. The van der Waals surface area contributed by atoms with Crippen molar-refractivity contribution in [1.82, 2.24) is 0 Å². The first-order valence-electron chi connectivity index (χ1n) is 5.51. The van der Waals surface area contributed by atoms with Crippen molar-refractivity contribution in [1.29, 1.82) is 5.26 Å². The van der Waals surface area contributed by atoms with Crippen LogP contribution in [0.5, 0.6) is 5.75 Å². The van der Waals surface area contributed by atoms with Gasteiger partial charge < -0.3 is 10.4 Å². The van der Waals surface area contributed by atoms with Crippen molar-refractivity contribution >= 4 is 21.6 Å². The number of phenols is 1. The van der Waals surface area contributed by atoms with Gasteiger partial charge in [-0.1, -0.05) is 15.9 Å². The van der Waals surface area contributed by atoms with E-state index in [4.69, 9.17) is 5.26 Å². The number of rotatable bonds is 3. The molecular weight excluding hydrogens is 311 g/mol. The zero-order chi connectivity index (χ0) is 13.8. The Labute approximate surface area is 118 Å². The maximum absolute atomic E-state index is 13.0. The van der Waals surface area contributed by atoms with E-state index in [1.165, 1.54) is 18.2 Å². The van der Waals surface area contributed by atoms with Gasteiger partial charge in [-0.3, -0.25) is 0 Å². The summed E-state index contributed by atoms with van der Waals surface area (Å²) in [6.07, 6.45) is 0. The highest BCUT2D eigenvalue weighted by Crippen LogP contribution is 2.24. The lowest BCUT2D eigenvalue weighted by Gasteiger charge is -2.10. The second-order valence-electron chi connectivity index (χ2n) is 3.93. The summed E-state index contributed by atoms with van der Waals surface area (Å²) in [5.74, 6) is -0.288. The molecule has 0 amide bonds. The van der Waals surface area contributed by atoms with E-state index in [1.54, 1.807) is 18.2 Å². The predicted molar refractivity (Wildman–Crippen MR) is 74.2 cm³/mol. The van der Waals surface area contributed by atoms with E-state index in [9.17, 15) is 9.50 Å². The van der Waals surface area contributed by atoms with E-state index >= 15 is 0 Å². The van der Waals surface area contributed by atoms with Crippen LogP contribution >= 0.6 is 15.9 Å². The summed E-state index contributed by atoms with van der Waals surface area (Å²) in [5.41, 5.74) is 1.44. The molecule has 0 aliphatic carbocycles. The molecule has 2 rings (SSSR count). The van der Waals surface area contributed by atoms with E-state index in [0.717, 1.165) is 4.47 Å². The van der Waals surface area contributed by atoms with Gasteiger partial charge in [-0.05, 0) is 36.4 Å². The fraction of sp³-hybridized carbons (Fsp3) is 0.0714. The molecule has 0 fully saturated rings. The number of phenolic OH excluding ortho intramolecular Hbond substituents is 1. The summed E-state index contributed by atoms with van der Waals surface area (Å²) < 4.78 is 13.8. The molecule has 2 aromatic carbocycles. The smallest absolute Gasteiger partial charge is 0.124 e. The lowest BCUT2D eigenvalue weighted by Crippen LogP contribution is -2.02. The molecule has 0 saturated heterocycles. The minimum atomic E-state index is -0.451. The van der Waals surface area contributed by atoms with Gasteiger partial charge in [-0.15, -0.1) is 0 Å². The van der Waals surface area contributed by atoms with E-state index in [2.05, 4.69) is 21.2 Å². The van der Waals surface area contributed by atoms with E-state index in [-0.39, 0.29) is 11.3 Å². The molecule has 2 N–H and O–H groups in total. The highest BCUT2D eigenvalue weighted by atomic mass is 79.9. The standard InChI is InChI=1S/C14H10BrFN2O/c15-11-1-4-14(19)10(5-11)8-18-13-3-2-12(16)6-9(13)7-17/h1-6,18-19H,8H2. The fourth-order valence-corrected chi connectivity index (χ4v) is 2.06. The lowest BCUT2D eigenvalue weighted by molar-refractivity contribution is 0.469. The summed E-state index contributed by atoms with van der Waals surface area (Å²) in [4.78, 5) is 0. The highest BCUT2D eigenvalue weighted by molar-refractivity contribution is 9.10. The maximum atomic E-state index is 13.0. The SMILES string of the molecule is N#Cc1cc(F)ccc1NCc1cc(Br)ccc1O. The molecule has 5 heteroatoms. The van der Waals surface area contributed by atoms with Crippen molar-refractivity contribution in [3.8, 4) is 11.8 Å². The fourth-order valence-electron chi connectivity index (χ4n) is 1.65. The third-order valence-corrected chi connectivity index (χ3v) is 3.11. The van der Waals surface area contributed by atoms with Crippen LogP contribution in [0.2, 0.25) is 0 Å². The van der Waals surface area contributed by atoms with Crippen molar-refractivity contribution in [3.63, 3.8) is 0 Å². The highest BCUT2D eigenvalue weighted by Gasteiger charge is 2.06. The normalized spacial score (nSPS) is 9.95. The van der Waals surface area contributed by atoms with Crippen LogP contribution in [0, 0.1) is 17.1 Å². The van der Waals surface area contributed by atoms with Gasteiger partial charge in [0.05, 0.1) is 11.3 Å². The molecule has 3 nitrogen and oxygen atoms in total. The molecule has 0 aromatic heterocycles. The molecule has 2 aromatic rings. The summed E-state index contributed by atoms with van der Waals surface area (Å²) in [6, 6.07) is 11.0. The maximum Gasteiger partial charge on any atom is 0.124 e. The van der Waals surface area contributed by atoms with Gasteiger partial charge in [0.15, 0.2) is 0 Å². The van der Waals surface area contributed by atoms with Gasteiger partial charge >= 0.3 is 0 Å². The van der Waals surface area contributed by atoms with Crippen LogP contribution < -0.4 is 5.32 Å². The molecule has 96 valence electrons. The Morgan fingerprint density at radius 3 is 2.79 bits per heavy atom. The van der Waals surface area contributed by atoms with Crippen molar-refractivity contribution in [2.75, 3.05) is 5.32 Å². The minimum absolute atomic E-state index is 0.163. The quantitative estimate of drug-likeness (QED) is 0.904. The zero-order valence-corrected chi connectivity index (χ0v) is 11.4. The molecule has 0 saturated carbocycles. The molecule has 0 heterocycles. The van der Waals surface area contributed by atoms with Crippen LogP contribution in [-0.4, -0.2) is 5.11 Å². The summed E-state index contributed by atoms with van der Waals surface area (Å²) in [7, 11) is 0. The number of anilines is 1. The first kappa shape index (κ1) is 13.4. The predicted octanol–water partition coefficient (Wildman–Crippen LogP) is 3.78. The Bertz CT molecular complexity index is 652. The Balaban J connectivity index is 2.19. The van der Waals surface area contributed by atoms with Gasteiger partial charge in [0.1, 0.15) is 17.6 Å². The number of benzene rings is 2. The molecule has 0 aliphatic heterocycles. The molecule has 0 radical (unpaired) electrons. The number of aromatic hydroxyl groups is 1. The van der Waals surface area contributed by atoms with Gasteiger partial charge in [0.2, 0.25) is 0 Å². The third-order valence-electron chi connectivity index (χ3n) is 2.61. The number of halogens is 2. The second-order valence-corrected chi connectivity index (χ2v) is 4.84. The van der Waals surface area contributed by atoms with Crippen LogP contribution in [0.25, 0.3) is 0 Å². The number of nitriles is 1. The average molecular weight is 321 g/mol. The molecule has 0 unspecified atom stereocenters. The van der Waals surface area contributed by atoms with Crippen molar-refractivity contribution in [2.45, 2.75) is 6.54 Å². The summed E-state index contributed by atoms with van der Waals surface area (Å²) in [5, 5.41) is 21.6. The monoisotopic (exact) mass is 320 g/mol. The number of nitrogens with one attached hydrogen (secondary N) is 1. The van der Waals surface area contributed by atoms with Crippen LogP contribution in [0.4, 0.5) is 10.1 Å². The Hall–Kier alpha value is -2.06. The summed E-state index contributed by atoms with van der Waals surface area (Å²) in [6.45, 7) is 0.339. The van der Waals surface area contributed by atoms with Gasteiger partial charge in [-0.2, -0.15) is 5.26 Å². The first-order chi connectivity index (χ1) is 9.10. The van der Waals surface area contributed by atoms with Crippen LogP contribution in [0.15, 0.2) is 40.9 Å². The Morgan fingerprint density at radius 2 is 2.05 bits per heavy atom. The topological polar surface area (TPSA) is 56.0 Å². The molecule has 0 spiro atoms. The van der Waals surface area contributed by atoms with Crippen molar-refractivity contribution in [2.24, 2.45) is 0 Å². The Kier molecular flexibility index (Phi) is 4.03. The third kappa shape index (κ3) is 3.24. The zero-order valence-electron chi connectivity index (χ0n) is 9.82. The van der Waals surface area contributed by atoms with Gasteiger partial charge in [-0.25, -0.2) is 4.39 Å². The first-order valence-corrected chi connectivity index (χ1v) is 6.30. The van der Waals surface area contributed by atoms with Gasteiger partial charge in [0.25, 0.3) is 0 Å². The van der Waals surface area contributed by atoms with E-state index in [1.807, 2.05) is 6.07 Å². The average Bonchev–Trinajstić information content (AvgIpc) is 2.40. The van der Waals surface area contributed by atoms with Crippen LogP contribution in [0.1, 0.15) is 11.1 Å². The largest absolute Gasteiger partial charge is 0.508 e. The van der Waals surface area contributed by atoms with Crippen LogP contribution in [0.3, 0.4) is 0 Å². The van der Waals surface area contributed by atoms with Gasteiger partial charge in [0, 0.05) is 16.6 Å². The number of hydrogen-bond acceptors (Lipinski definition) is 3. The lowest BCUT2D eigenvalue weighted by atomic mass is 10.1.